The summed E-state index contributed by atoms with van der Waals surface area (Å²) in [6.07, 6.45) is 2.75. The summed E-state index contributed by atoms with van der Waals surface area (Å²) in [4.78, 5) is 10.9. The SMILES string of the molecule is CCN(CCCNC(=NC)NCc1cccnc1OC)c1ccccc1.I. The van der Waals surface area contributed by atoms with Gasteiger partial charge in [-0.2, -0.15) is 0 Å². The number of nitrogens with one attached hydrogen (secondary N) is 2. The average molecular weight is 483 g/mol. The van der Waals surface area contributed by atoms with E-state index >= 15 is 0 Å². The van der Waals surface area contributed by atoms with Gasteiger partial charge in [-0.25, -0.2) is 4.98 Å². The lowest BCUT2D eigenvalue weighted by Crippen LogP contribution is -2.38. The summed E-state index contributed by atoms with van der Waals surface area (Å²) in [5, 5.41) is 6.66. The third kappa shape index (κ3) is 7.62. The van der Waals surface area contributed by atoms with Crippen LogP contribution in [0, 0.1) is 0 Å². The Hall–Kier alpha value is -2.03. The monoisotopic (exact) mass is 483 g/mol. The van der Waals surface area contributed by atoms with Gasteiger partial charge in [0.15, 0.2) is 5.96 Å². The lowest BCUT2D eigenvalue weighted by atomic mass is 10.2. The van der Waals surface area contributed by atoms with Gasteiger partial charge in [0, 0.05) is 50.7 Å². The molecule has 148 valence electrons. The third-order valence-electron chi connectivity index (χ3n) is 4.11. The fourth-order valence-corrected chi connectivity index (χ4v) is 2.73. The number of halogens is 1. The van der Waals surface area contributed by atoms with Gasteiger partial charge in [-0.05, 0) is 31.5 Å². The van der Waals surface area contributed by atoms with Gasteiger partial charge in [-0.1, -0.05) is 24.3 Å². The largest absolute Gasteiger partial charge is 0.481 e. The number of benzene rings is 1. The number of guanidine groups is 1. The lowest BCUT2D eigenvalue weighted by Gasteiger charge is -2.23. The fraction of sp³-hybridized carbons (Fsp3) is 0.400. The summed E-state index contributed by atoms with van der Waals surface area (Å²) >= 11 is 0. The smallest absolute Gasteiger partial charge is 0.218 e. The summed E-state index contributed by atoms with van der Waals surface area (Å²) in [6, 6.07) is 14.4. The Morgan fingerprint density at radius 2 is 1.93 bits per heavy atom. The molecule has 1 heterocycles. The second kappa shape index (κ2) is 13.2. The number of aliphatic imine (C=N–C) groups is 1. The van der Waals surface area contributed by atoms with Gasteiger partial charge in [0.05, 0.1) is 7.11 Å². The highest BCUT2D eigenvalue weighted by molar-refractivity contribution is 14.0. The number of anilines is 1. The summed E-state index contributed by atoms with van der Waals surface area (Å²) in [6.45, 7) is 5.65. The van der Waals surface area contributed by atoms with Crippen LogP contribution < -0.4 is 20.3 Å². The van der Waals surface area contributed by atoms with E-state index in [1.807, 2.05) is 18.2 Å². The van der Waals surface area contributed by atoms with E-state index in [2.05, 4.69) is 56.7 Å². The summed E-state index contributed by atoms with van der Waals surface area (Å²) < 4.78 is 5.27. The number of ether oxygens (including phenoxy) is 1. The first-order valence-electron chi connectivity index (χ1n) is 9.00. The molecule has 0 aliphatic rings. The molecule has 0 unspecified atom stereocenters. The van der Waals surface area contributed by atoms with Crippen molar-refractivity contribution < 1.29 is 4.74 Å². The number of hydrogen-bond acceptors (Lipinski definition) is 4. The van der Waals surface area contributed by atoms with E-state index in [0.29, 0.717) is 12.4 Å². The van der Waals surface area contributed by atoms with E-state index in [0.717, 1.165) is 37.6 Å². The molecule has 0 fully saturated rings. The molecule has 0 saturated heterocycles. The highest BCUT2D eigenvalue weighted by Crippen LogP contribution is 2.13. The van der Waals surface area contributed by atoms with Gasteiger partial charge in [-0.3, -0.25) is 4.99 Å². The molecule has 2 rings (SSSR count). The molecule has 1 aromatic carbocycles. The minimum atomic E-state index is 0. The molecule has 27 heavy (non-hydrogen) atoms. The van der Waals surface area contributed by atoms with Crippen LogP contribution in [0.5, 0.6) is 5.88 Å². The van der Waals surface area contributed by atoms with Crippen LogP contribution in [-0.2, 0) is 6.54 Å². The first-order chi connectivity index (χ1) is 12.8. The van der Waals surface area contributed by atoms with E-state index in [-0.39, 0.29) is 24.0 Å². The van der Waals surface area contributed by atoms with Crippen molar-refractivity contribution in [2.45, 2.75) is 19.9 Å². The number of para-hydroxylation sites is 1. The predicted molar refractivity (Wildman–Crippen MR) is 123 cm³/mol. The molecule has 0 bridgehead atoms. The second-order valence-electron chi connectivity index (χ2n) is 5.79. The number of nitrogens with zero attached hydrogens (tertiary/aromatic N) is 3. The first kappa shape index (κ1) is 23.0. The van der Waals surface area contributed by atoms with E-state index < -0.39 is 0 Å². The molecule has 0 spiro atoms. The number of rotatable bonds is 9. The molecule has 0 amide bonds. The number of methoxy groups -OCH3 is 1. The number of pyridine rings is 1. The molecule has 0 radical (unpaired) electrons. The van der Waals surface area contributed by atoms with Gasteiger partial charge in [-0.15, -0.1) is 24.0 Å². The molecule has 2 aromatic rings. The zero-order chi connectivity index (χ0) is 18.6. The van der Waals surface area contributed by atoms with Crippen LogP contribution in [0.25, 0.3) is 0 Å². The Kier molecular flexibility index (Phi) is 11.2. The average Bonchev–Trinajstić information content (AvgIpc) is 2.71. The molecular weight excluding hydrogens is 453 g/mol. The van der Waals surface area contributed by atoms with Crippen LogP contribution in [-0.4, -0.2) is 44.7 Å². The van der Waals surface area contributed by atoms with Crippen LogP contribution in [0.1, 0.15) is 18.9 Å². The van der Waals surface area contributed by atoms with E-state index in [1.54, 1.807) is 20.4 Å². The maximum Gasteiger partial charge on any atom is 0.218 e. The quantitative estimate of drug-likeness (QED) is 0.248. The van der Waals surface area contributed by atoms with Gasteiger partial charge >= 0.3 is 0 Å². The Morgan fingerprint density at radius 1 is 1.15 bits per heavy atom. The minimum absolute atomic E-state index is 0. The summed E-state index contributed by atoms with van der Waals surface area (Å²) in [7, 11) is 3.41. The molecule has 0 aliphatic heterocycles. The van der Waals surface area contributed by atoms with Gasteiger partial charge in [0.1, 0.15) is 0 Å². The topological polar surface area (TPSA) is 61.8 Å². The highest BCUT2D eigenvalue weighted by atomic mass is 127. The highest BCUT2D eigenvalue weighted by Gasteiger charge is 2.06. The normalized spacial score (nSPS) is 10.7. The Labute approximate surface area is 179 Å². The minimum Gasteiger partial charge on any atom is -0.481 e. The second-order valence-corrected chi connectivity index (χ2v) is 5.79. The summed E-state index contributed by atoms with van der Waals surface area (Å²) in [5.41, 5.74) is 2.26. The van der Waals surface area contributed by atoms with Crippen molar-refractivity contribution in [3.63, 3.8) is 0 Å². The van der Waals surface area contributed by atoms with E-state index in [4.69, 9.17) is 4.74 Å². The molecule has 2 N–H and O–H groups in total. The van der Waals surface area contributed by atoms with Crippen molar-refractivity contribution >= 4 is 35.6 Å². The van der Waals surface area contributed by atoms with Crippen LogP contribution >= 0.6 is 24.0 Å². The first-order valence-corrected chi connectivity index (χ1v) is 9.00. The number of hydrogen-bond donors (Lipinski definition) is 2. The maximum absolute atomic E-state index is 5.27. The van der Waals surface area contributed by atoms with Crippen LogP contribution in [0.2, 0.25) is 0 Å². The molecule has 6 nitrogen and oxygen atoms in total. The van der Waals surface area contributed by atoms with E-state index in [9.17, 15) is 0 Å². The molecule has 7 heteroatoms. The van der Waals surface area contributed by atoms with Crippen molar-refractivity contribution in [1.29, 1.82) is 0 Å². The molecule has 1 aromatic heterocycles. The molecule has 0 atom stereocenters. The van der Waals surface area contributed by atoms with Crippen molar-refractivity contribution in [3.05, 3.63) is 54.2 Å². The zero-order valence-electron chi connectivity index (χ0n) is 16.3. The molecule has 0 saturated carbocycles. The molecular formula is C20H30IN5O. The lowest BCUT2D eigenvalue weighted by molar-refractivity contribution is 0.392. The molecule has 0 aliphatic carbocycles. The van der Waals surface area contributed by atoms with Crippen LogP contribution in [0.15, 0.2) is 53.7 Å². The van der Waals surface area contributed by atoms with Crippen molar-refractivity contribution in [2.75, 3.05) is 38.7 Å². The standard InChI is InChI=1S/C20H29N5O.HI/c1-4-25(18-11-6-5-7-12-18)15-9-14-23-20(21-2)24-16-17-10-8-13-22-19(17)26-3;/h5-8,10-13H,4,9,14-16H2,1-3H3,(H2,21,23,24);1H. The van der Waals surface area contributed by atoms with Crippen molar-refractivity contribution in [1.82, 2.24) is 15.6 Å². The Morgan fingerprint density at radius 3 is 2.59 bits per heavy atom. The van der Waals surface area contributed by atoms with Gasteiger partial charge in [0.25, 0.3) is 0 Å². The third-order valence-corrected chi connectivity index (χ3v) is 4.11. The Balaban J connectivity index is 0.00000364. The van der Waals surface area contributed by atoms with Crippen LogP contribution in [0.3, 0.4) is 0 Å². The van der Waals surface area contributed by atoms with Gasteiger partial charge < -0.3 is 20.3 Å². The van der Waals surface area contributed by atoms with Crippen LogP contribution in [0.4, 0.5) is 5.69 Å². The van der Waals surface area contributed by atoms with Crippen molar-refractivity contribution in [3.8, 4) is 5.88 Å². The zero-order valence-corrected chi connectivity index (χ0v) is 18.6. The van der Waals surface area contributed by atoms with E-state index in [1.165, 1.54) is 5.69 Å². The predicted octanol–water partition coefficient (Wildman–Crippen LogP) is 3.29. The summed E-state index contributed by atoms with van der Waals surface area (Å²) in [5.74, 6) is 1.41. The maximum atomic E-state index is 5.27. The Bertz CT molecular complexity index is 681. The number of aromatic nitrogens is 1. The van der Waals surface area contributed by atoms with Crippen molar-refractivity contribution in [2.24, 2.45) is 4.99 Å². The fourth-order valence-electron chi connectivity index (χ4n) is 2.73. The van der Waals surface area contributed by atoms with Gasteiger partial charge in [0.2, 0.25) is 5.88 Å².